The molecule has 0 aromatic rings. The summed E-state index contributed by atoms with van der Waals surface area (Å²) in [5.41, 5.74) is 0. The molecule has 0 rings (SSSR count). The Bertz CT molecular complexity index is 1230. The van der Waals surface area contributed by atoms with Crippen LogP contribution in [0, 0.1) is 0 Å². The van der Waals surface area contributed by atoms with Gasteiger partial charge in [-0.25, -0.2) is 0 Å². The molecule has 3 atom stereocenters. The van der Waals surface area contributed by atoms with E-state index in [0.29, 0.717) is 23.9 Å². The molecular weight excluding hydrogens is 844 g/mol. The average Bonchev–Trinajstić information content (AvgIpc) is 3.27. The number of unbranched alkanes of at least 4 members (excludes halogenated alkanes) is 30. The fourth-order valence-corrected chi connectivity index (χ4v) is 8.71. The van der Waals surface area contributed by atoms with Gasteiger partial charge in [0.15, 0.2) is 0 Å². The summed E-state index contributed by atoms with van der Waals surface area (Å²) in [7, 11) is 1.17. The third kappa shape index (κ3) is 47.3. The van der Waals surface area contributed by atoms with E-state index in [1.807, 2.05) is 39.4 Å². The number of phosphoric ester groups is 1. The fourth-order valence-electron chi connectivity index (χ4n) is 7.99. The van der Waals surface area contributed by atoms with Crippen LogP contribution in [0.15, 0.2) is 36.5 Å². The van der Waals surface area contributed by atoms with E-state index in [2.05, 4.69) is 44.3 Å². The highest BCUT2D eigenvalue weighted by molar-refractivity contribution is 7.45. The van der Waals surface area contributed by atoms with Crippen LogP contribution in [0.3, 0.4) is 0 Å². The third-order valence-corrected chi connectivity index (χ3v) is 13.3. The number of quaternary nitrogens is 1. The number of rotatable bonds is 50. The Morgan fingerprint density at radius 1 is 0.530 bits per heavy atom. The molecule has 0 aliphatic rings. The van der Waals surface area contributed by atoms with Crippen LogP contribution in [0.2, 0.25) is 0 Å². The molecule has 1 N–H and O–H groups in total. The zero-order chi connectivity index (χ0) is 48.7. The lowest BCUT2D eigenvalue weighted by Crippen LogP contribution is -2.47. The summed E-state index contributed by atoms with van der Waals surface area (Å²) in [4.78, 5) is 39.7. The summed E-state index contributed by atoms with van der Waals surface area (Å²) in [5, 5.41) is 3.00. The summed E-state index contributed by atoms with van der Waals surface area (Å²) in [6.45, 7) is 6.80. The number of likely N-dealkylation sites (N-methyl/N-ethyl adjacent to an activating group) is 1. The van der Waals surface area contributed by atoms with Crippen molar-refractivity contribution in [3.8, 4) is 0 Å². The number of allylic oxidation sites excluding steroid dienone is 5. The molecule has 0 aromatic heterocycles. The first-order valence-corrected chi connectivity index (χ1v) is 29.3. The van der Waals surface area contributed by atoms with Crippen molar-refractivity contribution in [2.75, 3.05) is 40.9 Å². The number of hydrogen-bond donors (Lipinski definition) is 1. The van der Waals surface area contributed by atoms with E-state index in [9.17, 15) is 19.0 Å². The van der Waals surface area contributed by atoms with Gasteiger partial charge < -0.3 is 28.5 Å². The van der Waals surface area contributed by atoms with E-state index in [4.69, 9.17) is 13.8 Å². The van der Waals surface area contributed by atoms with Crippen molar-refractivity contribution in [3.05, 3.63) is 36.5 Å². The number of carbonyl (C=O) groups is 2. The molecule has 0 spiro atoms. The first kappa shape index (κ1) is 64.2. The smallest absolute Gasteiger partial charge is 0.306 e. The van der Waals surface area contributed by atoms with Crippen LogP contribution in [0.25, 0.3) is 0 Å². The molecule has 10 heteroatoms. The second-order valence-corrected chi connectivity index (χ2v) is 21.5. The van der Waals surface area contributed by atoms with E-state index in [0.717, 1.165) is 51.4 Å². The van der Waals surface area contributed by atoms with Gasteiger partial charge in [0.05, 0.1) is 33.8 Å². The fraction of sp³-hybridized carbons (Fsp3) is 0.857. The van der Waals surface area contributed by atoms with Crippen LogP contribution >= 0.6 is 7.82 Å². The van der Waals surface area contributed by atoms with Crippen molar-refractivity contribution < 1.29 is 37.3 Å². The van der Waals surface area contributed by atoms with Crippen molar-refractivity contribution in [1.82, 2.24) is 5.32 Å². The van der Waals surface area contributed by atoms with Crippen molar-refractivity contribution in [2.24, 2.45) is 0 Å². The minimum atomic E-state index is -4.70. The predicted octanol–water partition coefficient (Wildman–Crippen LogP) is 15.8. The molecule has 66 heavy (non-hydrogen) atoms. The second kappa shape index (κ2) is 46.9. The maximum Gasteiger partial charge on any atom is 0.306 e. The lowest BCUT2D eigenvalue weighted by Gasteiger charge is -2.30. The van der Waals surface area contributed by atoms with Gasteiger partial charge in [0.25, 0.3) is 7.82 Å². The van der Waals surface area contributed by atoms with Crippen LogP contribution in [0.1, 0.15) is 258 Å². The van der Waals surface area contributed by atoms with Gasteiger partial charge in [-0.1, -0.05) is 231 Å². The van der Waals surface area contributed by atoms with Crippen LogP contribution in [0.5, 0.6) is 0 Å². The topological polar surface area (TPSA) is 114 Å². The van der Waals surface area contributed by atoms with E-state index in [1.165, 1.54) is 167 Å². The van der Waals surface area contributed by atoms with Gasteiger partial charge in [0.2, 0.25) is 5.91 Å². The van der Waals surface area contributed by atoms with Crippen molar-refractivity contribution in [3.63, 3.8) is 0 Å². The second-order valence-electron chi connectivity index (χ2n) is 20.1. The standard InChI is InChI=1S/C56H107N2O7P/c1-7-10-13-16-19-22-25-27-28-29-31-33-36-39-42-45-48-55(59)57-53(52-64-66(61,62)63-51-50-58(4,5)6)54(47-44-41-38-35-32-24-21-18-15-12-9-3)65-56(60)49-46-43-40-37-34-30-26-23-20-17-14-11-8-2/h30,34,40,43-44,47,53-54H,7-29,31-33,35-39,41-42,45-46,48-52H2,1-6H3,(H-,57,59,61,62)/b34-30-,43-40+,47-44+. The Kier molecular flexibility index (Phi) is 45.7. The van der Waals surface area contributed by atoms with Gasteiger partial charge in [-0.3, -0.25) is 14.2 Å². The summed E-state index contributed by atoms with van der Waals surface area (Å²) in [6.07, 6.45) is 54.1. The molecule has 0 saturated carbocycles. The number of phosphoric acid groups is 1. The highest BCUT2D eigenvalue weighted by Gasteiger charge is 2.27. The lowest BCUT2D eigenvalue weighted by molar-refractivity contribution is -0.870. The van der Waals surface area contributed by atoms with Gasteiger partial charge in [0.1, 0.15) is 19.3 Å². The van der Waals surface area contributed by atoms with Crippen molar-refractivity contribution in [1.29, 1.82) is 0 Å². The highest BCUT2D eigenvalue weighted by atomic mass is 31.2. The molecule has 9 nitrogen and oxygen atoms in total. The summed E-state index contributed by atoms with van der Waals surface area (Å²) in [6, 6.07) is -0.904. The molecule has 388 valence electrons. The minimum absolute atomic E-state index is 0.0277. The normalized spacial score (nSPS) is 14.1. The number of carbonyl (C=O) groups excluding carboxylic acids is 2. The molecule has 0 bridgehead atoms. The number of hydrogen-bond acceptors (Lipinski definition) is 7. The van der Waals surface area contributed by atoms with Gasteiger partial charge in [-0.2, -0.15) is 0 Å². The monoisotopic (exact) mass is 951 g/mol. The number of esters is 1. The highest BCUT2D eigenvalue weighted by Crippen LogP contribution is 2.38. The molecule has 0 aliphatic carbocycles. The lowest BCUT2D eigenvalue weighted by atomic mass is 10.0. The van der Waals surface area contributed by atoms with Gasteiger partial charge >= 0.3 is 5.97 Å². The van der Waals surface area contributed by atoms with Gasteiger partial charge in [-0.05, 0) is 51.0 Å². The molecule has 0 heterocycles. The van der Waals surface area contributed by atoms with Gasteiger partial charge in [-0.15, -0.1) is 0 Å². The largest absolute Gasteiger partial charge is 0.756 e. The number of ether oxygens (including phenoxy) is 1. The Morgan fingerprint density at radius 2 is 0.939 bits per heavy atom. The van der Waals surface area contributed by atoms with Crippen molar-refractivity contribution in [2.45, 2.75) is 270 Å². The predicted molar refractivity (Wildman–Crippen MR) is 279 cm³/mol. The van der Waals surface area contributed by atoms with Crippen LogP contribution in [-0.4, -0.2) is 69.4 Å². The summed E-state index contributed by atoms with van der Waals surface area (Å²) in [5.74, 6) is -0.612. The molecule has 0 fully saturated rings. The molecule has 0 saturated heterocycles. The van der Waals surface area contributed by atoms with Gasteiger partial charge in [0, 0.05) is 12.8 Å². The summed E-state index contributed by atoms with van der Waals surface area (Å²) < 4.78 is 30.1. The molecule has 0 aliphatic heterocycles. The average molecular weight is 951 g/mol. The third-order valence-electron chi connectivity index (χ3n) is 12.3. The first-order chi connectivity index (χ1) is 31.9. The van der Waals surface area contributed by atoms with Crippen LogP contribution < -0.4 is 10.2 Å². The maximum absolute atomic E-state index is 13.4. The SMILES string of the molecule is CCCCCCCC/C=C\C/C=C/CCC(=O)OC(/C=C/CCCCCCCCCCC)C(COP(=O)([O-])OCC[N+](C)(C)C)NC(=O)CCCCCCCCCCCCCCCCCC. The van der Waals surface area contributed by atoms with E-state index < -0.39 is 32.5 Å². The maximum atomic E-state index is 13.4. The molecular formula is C56H107N2O7P. The molecule has 0 radical (unpaired) electrons. The molecule has 3 unspecified atom stereocenters. The number of nitrogens with zero attached hydrogens (tertiary/aromatic N) is 1. The van der Waals surface area contributed by atoms with E-state index in [-0.39, 0.29) is 18.9 Å². The Hall–Kier alpha value is -1.77. The zero-order valence-electron chi connectivity index (χ0n) is 44.2. The zero-order valence-corrected chi connectivity index (χ0v) is 45.0. The van der Waals surface area contributed by atoms with E-state index in [1.54, 1.807) is 0 Å². The van der Waals surface area contributed by atoms with E-state index >= 15 is 0 Å². The summed E-state index contributed by atoms with van der Waals surface area (Å²) >= 11 is 0. The molecule has 1 amide bonds. The minimum Gasteiger partial charge on any atom is -0.756 e. The Balaban J connectivity index is 5.39. The van der Waals surface area contributed by atoms with Crippen LogP contribution in [-0.2, 0) is 27.9 Å². The Labute approximate surface area is 408 Å². The van der Waals surface area contributed by atoms with Crippen molar-refractivity contribution >= 4 is 19.7 Å². The van der Waals surface area contributed by atoms with Crippen LogP contribution in [0.4, 0.5) is 0 Å². The quantitative estimate of drug-likeness (QED) is 0.0212. The Morgan fingerprint density at radius 3 is 1.39 bits per heavy atom. The first-order valence-electron chi connectivity index (χ1n) is 27.8. The number of amides is 1. The molecule has 0 aromatic carbocycles. The number of nitrogens with one attached hydrogen (secondary N) is 1.